The van der Waals surface area contributed by atoms with Gasteiger partial charge in [0.1, 0.15) is 11.6 Å². The summed E-state index contributed by atoms with van der Waals surface area (Å²) in [6.45, 7) is 0. The highest BCUT2D eigenvalue weighted by molar-refractivity contribution is 9.10. The van der Waals surface area contributed by atoms with E-state index in [0.717, 1.165) is 18.2 Å². The Morgan fingerprint density at radius 1 is 0.905 bits per heavy atom. The molecule has 4 nitrogen and oxygen atoms in total. The van der Waals surface area contributed by atoms with Gasteiger partial charge in [-0.05, 0) is 42.5 Å². The molecule has 0 aliphatic carbocycles. The van der Waals surface area contributed by atoms with Gasteiger partial charge in [0.05, 0.1) is 5.56 Å². The molecule has 0 spiro atoms. The summed E-state index contributed by atoms with van der Waals surface area (Å²) in [7, 11) is 0. The molecule has 2 amide bonds. The van der Waals surface area contributed by atoms with E-state index in [4.69, 9.17) is 0 Å². The lowest BCUT2D eigenvalue weighted by Gasteiger charge is -2.08. The smallest absolute Gasteiger partial charge is 0.267 e. The average molecular weight is 355 g/mol. The first-order valence-electron chi connectivity index (χ1n) is 5.78. The minimum absolute atomic E-state index is 0.159. The van der Waals surface area contributed by atoms with Crippen LogP contribution in [0.1, 0.15) is 20.7 Å². The zero-order chi connectivity index (χ0) is 15.4. The van der Waals surface area contributed by atoms with E-state index in [0.29, 0.717) is 4.47 Å². The van der Waals surface area contributed by atoms with Crippen LogP contribution in [-0.4, -0.2) is 11.8 Å². The molecular weight excluding hydrogens is 346 g/mol. The summed E-state index contributed by atoms with van der Waals surface area (Å²) in [5, 5.41) is 0. The van der Waals surface area contributed by atoms with Crippen LogP contribution in [-0.2, 0) is 0 Å². The highest BCUT2D eigenvalue weighted by Gasteiger charge is 2.13. The topological polar surface area (TPSA) is 58.2 Å². The van der Waals surface area contributed by atoms with E-state index < -0.39 is 23.4 Å². The van der Waals surface area contributed by atoms with Gasteiger partial charge in [-0.15, -0.1) is 0 Å². The fraction of sp³-hybridized carbons (Fsp3) is 0. The number of rotatable bonds is 2. The van der Waals surface area contributed by atoms with Crippen LogP contribution in [0.4, 0.5) is 8.78 Å². The van der Waals surface area contributed by atoms with Crippen LogP contribution in [0.3, 0.4) is 0 Å². The Balaban J connectivity index is 2.02. The van der Waals surface area contributed by atoms with E-state index in [1.165, 1.54) is 24.3 Å². The number of carbonyl (C=O) groups is 2. The molecule has 2 aromatic rings. The predicted molar refractivity (Wildman–Crippen MR) is 75.4 cm³/mol. The van der Waals surface area contributed by atoms with Crippen molar-refractivity contribution in [3.63, 3.8) is 0 Å². The zero-order valence-corrected chi connectivity index (χ0v) is 12.1. The molecule has 0 saturated heterocycles. The summed E-state index contributed by atoms with van der Waals surface area (Å²) in [6.07, 6.45) is 0. The zero-order valence-electron chi connectivity index (χ0n) is 10.5. The quantitative estimate of drug-likeness (QED) is 0.814. The third-order valence-corrected chi connectivity index (χ3v) is 3.06. The fourth-order valence-electron chi connectivity index (χ4n) is 1.53. The molecule has 0 aromatic heterocycles. The summed E-state index contributed by atoms with van der Waals surface area (Å²) in [6, 6.07) is 8.61. The Labute approximate surface area is 127 Å². The molecule has 0 aliphatic heterocycles. The Morgan fingerprint density at radius 2 is 1.52 bits per heavy atom. The van der Waals surface area contributed by atoms with Crippen molar-refractivity contribution in [3.8, 4) is 0 Å². The van der Waals surface area contributed by atoms with Crippen LogP contribution in [0.2, 0.25) is 0 Å². The minimum atomic E-state index is -0.802. The van der Waals surface area contributed by atoms with Gasteiger partial charge >= 0.3 is 0 Å². The van der Waals surface area contributed by atoms with Crippen molar-refractivity contribution in [2.24, 2.45) is 0 Å². The monoisotopic (exact) mass is 354 g/mol. The third-order valence-electron chi connectivity index (χ3n) is 2.57. The van der Waals surface area contributed by atoms with Crippen molar-refractivity contribution in [3.05, 3.63) is 69.7 Å². The predicted octanol–water partition coefficient (Wildman–Crippen LogP) is 2.80. The second-order valence-corrected chi connectivity index (χ2v) is 4.95. The second kappa shape index (κ2) is 6.45. The van der Waals surface area contributed by atoms with Gasteiger partial charge in [-0.1, -0.05) is 15.9 Å². The number of hydrogen-bond acceptors (Lipinski definition) is 2. The van der Waals surface area contributed by atoms with E-state index in [1.54, 1.807) is 0 Å². The van der Waals surface area contributed by atoms with E-state index in [9.17, 15) is 18.4 Å². The Bertz CT molecular complexity index is 690. The molecular formula is C14H9BrF2N2O2. The summed E-state index contributed by atoms with van der Waals surface area (Å²) in [4.78, 5) is 23.5. The molecule has 0 atom stereocenters. The van der Waals surface area contributed by atoms with Crippen LogP contribution in [0.5, 0.6) is 0 Å². The first-order valence-corrected chi connectivity index (χ1v) is 6.58. The molecule has 0 aliphatic rings. The van der Waals surface area contributed by atoms with E-state index in [2.05, 4.69) is 26.8 Å². The maximum atomic E-state index is 13.5. The van der Waals surface area contributed by atoms with Crippen molar-refractivity contribution < 1.29 is 18.4 Å². The van der Waals surface area contributed by atoms with Gasteiger partial charge in [-0.3, -0.25) is 20.4 Å². The first kappa shape index (κ1) is 15.1. The molecule has 0 saturated carbocycles. The number of amides is 2. The summed E-state index contributed by atoms with van der Waals surface area (Å²) >= 11 is 3.12. The molecule has 108 valence electrons. The molecule has 2 N–H and O–H groups in total. The summed E-state index contributed by atoms with van der Waals surface area (Å²) < 4.78 is 26.7. The number of benzene rings is 2. The minimum Gasteiger partial charge on any atom is -0.267 e. The van der Waals surface area contributed by atoms with Gasteiger partial charge in [-0.2, -0.15) is 0 Å². The molecule has 0 bridgehead atoms. The van der Waals surface area contributed by atoms with Gasteiger partial charge < -0.3 is 0 Å². The van der Waals surface area contributed by atoms with E-state index >= 15 is 0 Å². The number of hydrazine groups is 1. The summed E-state index contributed by atoms with van der Waals surface area (Å²) in [5.74, 6) is -2.64. The third kappa shape index (κ3) is 3.85. The van der Waals surface area contributed by atoms with Gasteiger partial charge in [0.2, 0.25) is 0 Å². The van der Waals surface area contributed by atoms with Crippen molar-refractivity contribution in [2.45, 2.75) is 0 Å². The lowest BCUT2D eigenvalue weighted by Crippen LogP contribution is -2.41. The number of carbonyl (C=O) groups excluding carboxylic acids is 2. The standard InChI is InChI=1S/C14H9BrF2N2O2/c15-9-3-6-12(17)11(7-9)14(21)19-18-13(20)8-1-4-10(16)5-2-8/h1-7H,(H,18,20)(H,19,21). The molecule has 0 heterocycles. The van der Waals surface area contributed by atoms with Crippen LogP contribution in [0.25, 0.3) is 0 Å². The van der Waals surface area contributed by atoms with Crippen molar-refractivity contribution >= 4 is 27.7 Å². The summed E-state index contributed by atoms with van der Waals surface area (Å²) in [5.41, 5.74) is 4.15. The largest absolute Gasteiger partial charge is 0.272 e. The lowest BCUT2D eigenvalue weighted by atomic mass is 10.2. The van der Waals surface area contributed by atoms with E-state index in [1.807, 2.05) is 0 Å². The molecule has 0 fully saturated rings. The number of hydrogen-bond donors (Lipinski definition) is 2. The molecule has 0 unspecified atom stereocenters. The molecule has 2 rings (SSSR count). The van der Waals surface area contributed by atoms with Crippen LogP contribution in [0, 0.1) is 11.6 Å². The molecule has 21 heavy (non-hydrogen) atoms. The maximum Gasteiger partial charge on any atom is 0.272 e. The second-order valence-electron chi connectivity index (χ2n) is 4.04. The van der Waals surface area contributed by atoms with Crippen molar-refractivity contribution in [1.82, 2.24) is 10.9 Å². The highest BCUT2D eigenvalue weighted by Crippen LogP contribution is 2.15. The number of nitrogens with one attached hydrogen (secondary N) is 2. The normalized spacial score (nSPS) is 10.0. The Morgan fingerprint density at radius 3 is 2.19 bits per heavy atom. The van der Waals surface area contributed by atoms with Gasteiger partial charge in [0.25, 0.3) is 11.8 Å². The molecule has 2 aromatic carbocycles. The van der Waals surface area contributed by atoms with Crippen LogP contribution in [0.15, 0.2) is 46.9 Å². The highest BCUT2D eigenvalue weighted by atomic mass is 79.9. The lowest BCUT2D eigenvalue weighted by molar-refractivity contribution is 0.0844. The molecule has 0 radical (unpaired) electrons. The van der Waals surface area contributed by atoms with Crippen LogP contribution < -0.4 is 10.9 Å². The van der Waals surface area contributed by atoms with Gasteiger partial charge in [0.15, 0.2) is 0 Å². The van der Waals surface area contributed by atoms with Crippen LogP contribution >= 0.6 is 15.9 Å². The van der Waals surface area contributed by atoms with Gasteiger partial charge in [-0.25, -0.2) is 8.78 Å². The molecule has 7 heteroatoms. The average Bonchev–Trinajstić information content (AvgIpc) is 2.47. The SMILES string of the molecule is O=C(NNC(=O)c1cc(Br)ccc1F)c1ccc(F)cc1. The maximum absolute atomic E-state index is 13.5. The fourth-order valence-corrected chi connectivity index (χ4v) is 1.89. The van der Waals surface area contributed by atoms with Gasteiger partial charge in [0, 0.05) is 10.0 Å². The van der Waals surface area contributed by atoms with Crippen molar-refractivity contribution in [1.29, 1.82) is 0 Å². The van der Waals surface area contributed by atoms with Crippen molar-refractivity contribution in [2.75, 3.05) is 0 Å². The Kier molecular flexibility index (Phi) is 4.64. The first-order chi connectivity index (χ1) is 9.97. The Hall–Kier alpha value is -2.28. The van der Waals surface area contributed by atoms with E-state index in [-0.39, 0.29) is 11.1 Å². The number of halogens is 3.